The Kier molecular flexibility index (Phi) is 10.3. The van der Waals surface area contributed by atoms with Gasteiger partial charge in [-0.05, 0) is 111 Å². The van der Waals surface area contributed by atoms with Crippen molar-refractivity contribution in [2.75, 3.05) is 0 Å². The molecule has 4 heterocycles. The molecule has 0 N–H and O–H groups in total. The van der Waals surface area contributed by atoms with Gasteiger partial charge in [-0.25, -0.2) is 15.0 Å². The zero-order valence-corrected chi connectivity index (χ0v) is 40.5. The number of nitrogens with zero attached hydrogens (tertiary/aromatic N) is 6. The molecular weight excluding hydrogens is 877 g/mol. The number of fused-ring (bicyclic) bond motifs is 6. The van der Waals surface area contributed by atoms with Crippen LogP contribution in [0.3, 0.4) is 0 Å². The van der Waals surface area contributed by atoms with Crippen LogP contribution in [0.1, 0.15) is 22.3 Å². The van der Waals surface area contributed by atoms with Gasteiger partial charge < -0.3 is 9.13 Å². The first-order valence-corrected chi connectivity index (χ1v) is 24.5. The van der Waals surface area contributed by atoms with Crippen LogP contribution in [0.25, 0.3) is 123 Å². The van der Waals surface area contributed by atoms with Crippen molar-refractivity contribution in [3.63, 3.8) is 0 Å². The third-order valence-electron chi connectivity index (χ3n) is 14.0. The predicted molar refractivity (Wildman–Crippen MR) is 298 cm³/mol. The van der Waals surface area contributed by atoms with E-state index in [0.29, 0.717) is 17.5 Å². The molecule has 0 spiro atoms. The minimum atomic E-state index is 0.585. The maximum atomic E-state index is 5.23. The fourth-order valence-electron chi connectivity index (χ4n) is 10.9. The molecule has 0 atom stereocenters. The Morgan fingerprint density at radius 1 is 0.292 bits per heavy atom. The third kappa shape index (κ3) is 7.44. The summed E-state index contributed by atoms with van der Waals surface area (Å²) in [6, 6.07) is 74.0. The Hall–Kier alpha value is -9.26. The zero-order chi connectivity index (χ0) is 48.5. The smallest absolute Gasteiger partial charge is 0.164 e. The van der Waals surface area contributed by atoms with Gasteiger partial charge in [-0.1, -0.05) is 168 Å². The van der Waals surface area contributed by atoms with Crippen molar-refractivity contribution in [2.24, 2.45) is 0 Å². The molecule has 0 saturated carbocycles. The average molecular weight is 925 g/mol. The molecular formula is C66H48N6. The van der Waals surface area contributed by atoms with Gasteiger partial charge in [-0.15, -0.1) is 0 Å². The number of para-hydroxylation sites is 2. The van der Waals surface area contributed by atoms with Crippen LogP contribution in [0.2, 0.25) is 0 Å². The summed E-state index contributed by atoms with van der Waals surface area (Å²) in [6.45, 7) is 8.68. The number of rotatable bonds is 8. The Balaban J connectivity index is 1.08. The van der Waals surface area contributed by atoms with Gasteiger partial charge in [0.1, 0.15) is 0 Å². The molecule has 342 valence electrons. The van der Waals surface area contributed by atoms with E-state index in [0.717, 1.165) is 61.3 Å². The van der Waals surface area contributed by atoms with E-state index < -0.39 is 0 Å². The lowest BCUT2D eigenvalue weighted by atomic mass is 9.98. The SMILES string of the molecule is Cc1cc(C)cc(-c2ccc3c(c2)c2ccccc2n3-c2ccc(-c3nc(-c4ccccc4)nc(-c4ccccc4)n3)cc2-c2ccncc2-n2c3ccccc3c3cc(-c4cc(C)cc(C)c4)ccc32)c1. The first-order valence-electron chi connectivity index (χ1n) is 24.5. The molecule has 13 rings (SSSR count). The lowest BCUT2D eigenvalue weighted by Gasteiger charge is -2.19. The summed E-state index contributed by atoms with van der Waals surface area (Å²) in [7, 11) is 0. The Morgan fingerprint density at radius 3 is 1.24 bits per heavy atom. The van der Waals surface area contributed by atoms with Crippen molar-refractivity contribution < 1.29 is 0 Å². The van der Waals surface area contributed by atoms with E-state index in [-0.39, 0.29) is 0 Å². The summed E-state index contributed by atoms with van der Waals surface area (Å²) in [5.74, 6) is 1.81. The first-order chi connectivity index (χ1) is 35.3. The number of benzene rings is 9. The second kappa shape index (κ2) is 17.3. The molecule has 13 aromatic rings. The normalized spacial score (nSPS) is 11.6. The molecule has 72 heavy (non-hydrogen) atoms. The molecule has 0 aliphatic carbocycles. The summed E-state index contributed by atoms with van der Waals surface area (Å²) < 4.78 is 4.82. The van der Waals surface area contributed by atoms with Crippen LogP contribution in [0.5, 0.6) is 0 Å². The van der Waals surface area contributed by atoms with E-state index in [2.05, 4.69) is 207 Å². The lowest BCUT2D eigenvalue weighted by Crippen LogP contribution is -2.04. The van der Waals surface area contributed by atoms with Crippen LogP contribution in [-0.4, -0.2) is 29.1 Å². The van der Waals surface area contributed by atoms with Crippen LogP contribution < -0.4 is 0 Å². The highest BCUT2D eigenvalue weighted by Gasteiger charge is 2.23. The molecule has 6 nitrogen and oxygen atoms in total. The average Bonchev–Trinajstić information content (AvgIpc) is 3.92. The Morgan fingerprint density at radius 2 is 0.722 bits per heavy atom. The third-order valence-corrected chi connectivity index (χ3v) is 14.0. The summed E-state index contributed by atoms with van der Waals surface area (Å²) in [5, 5.41) is 4.73. The zero-order valence-electron chi connectivity index (χ0n) is 40.5. The van der Waals surface area contributed by atoms with Gasteiger partial charge in [0.15, 0.2) is 17.5 Å². The van der Waals surface area contributed by atoms with Gasteiger partial charge in [-0.3, -0.25) is 4.98 Å². The van der Waals surface area contributed by atoms with Crippen molar-refractivity contribution in [1.82, 2.24) is 29.1 Å². The van der Waals surface area contributed by atoms with Crippen molar-refractivity contribution in [1.29, 1.82) is 0 Å². The molecule has 0 radical (unpaired) electrons. The topological polar surface area (TPSA) is 61.4 Å². The van der Waals surface area contributed by atoms with Crippen molar-refractivity contribution in [2.45, 2.75) is 27.7 Å². The van der Waals surface area contributed by atoms with Crippen LogP contribution in [0.4, 0.5) is 0 Å². The van der Waals surface area contributed by atoms with Gasteiger partial charge in [0.2, 0.25) is 0 Å². The summed E-state index contributed by atoms with van der Waals surface area (Å²) in [6.07, 6.45) is 3.93. The highest BCUT2D eigenvalue weighted by atomic mass is 15.0. The van der Waals surface area contributed by atoms with Gasteiger partial charge in [-0.2, -0.15) is 0 Å². The number of aryl methyl sites for hydroxylation is 4. The summed E-state index contributed by atoms with van der Waals surface area (Å²) in [4.78, 5) is 20.4. The van der Waals surface area contributed by atoms with Crippen LogP contribution in [0, 0.1) is 27.7 Å². The highest BCUT2D eigenvalue weighted by Crippen LogP contribution is 2.43. The Bertz CT molecular complexity index is 4160. The van der Waals surface area contributed by atoms with E-state index in [1.165, 1.54) is 66.1 Å². The van der Waals surface area contributed by atoms with E-state index in [4.69, 9.17) is 19.9 Å². The molecule has 0 unspecified atom stereocenters. The van der Waals surface area contributed by atoms with Crippen molar-refractivity contribution in [3.8, 4) is 78.9 Å². The van der Waals surface area contributed by atoms with Crippen molar-refractivity contribution >= 4 is 43.6 Å². The van der Waals surface area contributed by atoms with E-state index in [1.54, 1.807) is 0 Å². The van der Waals surface area contributed by atoms with Crippen LogP contribution in [-0.2, 0) is 0 Å². The van der Waals surface area contributed by atoms with Crippen LogP contribution >= 0.6 is 0 Å². The van der Waals surface area contributed by atoms with Gasteiger partial charge in [0.05, 0.1) is 39.6 Å². The molecule has 0 saturated heterocycles. The second-order valence-corrected chi connectivity index (χ2v) is 19.1. The highest BCUT2D eigenvalue weighted by molar-refractivity contribution is 6.13. The fourth-order valence-corrected chi connectivity index (χ4v) is 10.9. The number of hydrogen-bond acceptors (Lipinski definition) is 4. The van der Waals surface area contributed by atoms with Gasteiger partial charge in [0.25, 0.3) is 0 Å². The largest absolute Gasteiger partial charge is 0.309 e. The maximum Gasteiger partial charge on any atom is 0.164 e. The Labute approximate surface area is 418 Å². The molecule has 9 aromatic carbocycles. The monoisotopic (exact) mass is 924 g/mol. The summed E-state index contributed by atoms with van der Waals surface area (Å²) in [5.41, 5.74) is 21.0. The molecule has 0 amide bonds. The fraction of sp³-hybridized carbons (Fsp3) is 0.0606. The summed E-state index contributed by atoms with van der Waals surface area (Å²) >= 11 is 0. The minimum absolute atomic E-state index is 0.585. The minimum Gasteiger partial charge on any atom is -0.309 e. The first kappa shape index (κ1) is 42.8. The molecule has 0 bridgehead atoms. The molecule has 0 aliphatic heterocycles. The molecule has 6 heteroatoms. The number of pyridine rings is 1. The molecule has 4 aromatic heterocycles. The molecule has 0 aliphatic rings. The van der Waals surface area contributed by atoms with Gasteiger partial charge >= 0.3 is 0 Å². The number of hydrogen-bond donors (Lipinski definition) is 0. The quantitative estimate of drug-likeness (QED) is 0.152. The van der Waals surface area contributed by atoms with E-state index >= 15 is 0 Å². The molecule has 0 fully saturated rings. The number of aromatic nitrogens is 6. The maximum absolute atomic E-state index is 5.23. The lowest BCUT2D eigenvalue weighted by molar-refractivity contribution is 1.07. The second-order valence-electron chi connectivity index (χ2n) is 19.1. The van der Waals surface area contributed by atoms with E-state index in [1.807, 2.05) is 48.8 Å². The van der Waals surface area contributed by atoms with Gasteiger partial charge in [0, 0.05) is 55.6 Å². The standard InChI is InChI=1S/C66H48N6/c1-41-31-42(2)34-50(33-41)47-23-26-60-55(37-47)52-19-11-13-21-58(52)71(60)61-28-25-49(66-69-64(45-15-7-5-8-16-45)68-65(70-66)46-17-9-6-10-18-46)39-57(61)54-29-30-67-40-63(54)72-59-22-14-12-20-53(59)56-38-48(24-27-62(56)72)51-35-43(3)32-44(4)36-51/h5-40H,1-4H3. The van der Waals surface area contributed by atoms with Crippen molar-refractivity contribution in [3.05, 3.63) is 241 Å². The van der Waals surface area contributed by atoms with E-state index in [9.17, 15) is 0 Å². The van der Waals surface area contributed by atoms with Crippen LogP contribution in [0.15, 0.2) is 219 Å². The predicted octanol–water partition coefficient (Wildman–Crippen LogP) is 16.7.